The normalized spacial score (nSPS) is 10.5. The highest BCUT2D eigenvalue weighted by Crippen LogP contribution is 2.32. The van der Waals surface area contributed by atoms with Gasteiger partial charge in [0.1, 0.15) is 5.75 Å². The molecule has 0 amide bonds. The van der Waals surface area contributed by atoms with Crippen LogP contribution in [0.15, 0.2) is 77.7 Å². The molecule has 25 heavy (non-hydrogen) atoms. The molecule has 2 nitrogen and oxygen atoms in total. The predicted molar refractivity (Wildman–Crippen MR) is 104 cm³/mol. The maximum Gasteiger partial charge on any atom is 0.197 e. The summed E-state index contributed by atoms with van der Waals surface area (Å²) in [5.74, 6) is 1.05. The van der Waals surface area contributed by atoms with E-state index in [0.717, 1.165) is 11.3 Å². The number of thioether (sulfide) groups is 1. The monoisotopic (exact) mass is 368 g/mol. The van der Waals surface area contributed by atoms with E-state index in [1.54, 1.807) is 30.0 Å². The molecule has 3 rings (SSSR count). The van der Waals surface area contributed by atoms with Crippen LogP contribution < -0.4 is 4.74 Å². The fourth-order valence-electron chi connectivity index (χ4n) is 2.59. The minimum Gasteiger partial charge on any atom is -0.494 e. The lowest BCUT2D eigenvalue weighted by Gasteiger charge is -2.12. The van der Waals surface area contributed by atoms with Crippen LogP contribution in [0.3, 0.4) is 0 Å². The molecular weight excluding hydrogens is 352 g/mol. The molecule has 0 atom stereocenters. The summed E-state index contributed by atoms with van der Waals surface area (Å²) in [7, 11) is 1.52. The smallest absolute Gasteiger partial charge is 0.197 e. The van der Waals surface area contributed by atoms with Gasteiger partial charge in [-0.15, -0.1) is 11.8 Å². The first kappa shape index (κ1) is 17.6. The maximum atomic E-state index is 13.1. The lowest BCUT2D eigenvalue weighted by molar-refractivity contribution is 0.103. The Morgan fingerprint density at radius 2 is 1.60 bits per heavy atom. The molecule has 3 aromatic rings. The fraction of sp³-hybridized carbons (Fsp3) is 0.0952. The number of carbonyl (C=O) groups is 1. The van der Waals surface area contributed by atoms with Crippen LogP contribution in [0.2, 0.25) is 5.02 Å². The number of hydrogen-bond acceptors (Lipinski definition) is 3. The van der Waals surface area contributed by atoms with Crippen LogP contribution in [0.25, 0.3) is 0 Å². The summed E-state index contributed by atoms with van der Waals surface area (Å²) in [6, 6.07) is 23.0. The number of rotatable bonds is 6. The Hall–Kier alpha value is -2.23. The molecule has 0 aromatic heterocycles. The molecule has 0 fully saturated rings. The number of ether oxygens (including phenoxy) is 1. The summed E-state index contributed by atoms with van der Waals surface area (Å²) in [5.41, 5.74) is 2.14. The van der Waals surface area contributed by atoms with Crippen molar-refractivity contribution < 1.29 is 9.53 Å². The van der Waals surface area contributed by atoms with Crippen LogP contribution in [0.5, 0.6) is 5.75 Å². The zero-order valence-electron chi connectivity index (χ0n) is 13.7. The second kappa shape index (κ2) is 8.24. The molecule has 0 radical (unpaired) electrons. The van der Waals surface area contributed by atoms with E-state index in [1.165, 1.54) is 12.0 Å². The highest BCUT2D eigenvalue weighted by Gasteiger charge is 2.19. The number of halogens is 1. The van der Waals surface area contributed by atoms with Gasteiger partial charge in [-0.25, -0.2) is 0 Å². The highest BCUT2D eigenvalue weighted by molar-refractivity contribution is 7.98. The third-order valence-corrected chi connectivity index (χ3v) is 5.17. The van der Waals surface area contributed by atoms with Gasteiger partial charge >= 0.3 is 0 Å². The average molecular weight is 369 g/mol. The molecule has 0 saturated heterocycles. The van der Waals surface area contributed by atoms with Gasteiger partial charge in [-0.2, -0.15) is 0 Å². The molecule has 0 bridgehead atoms. The van der Waals surface area contributed by atoms with E-state index in [9.17, 15) is 4.79 Å². The van der Waals surface area contributed by atoms with E-state index in [2.05, 4.69) is 12.1 Å². The second-order valence-corrected chi connectivity index (χ2v) is 6.86. The largest absolute Gasteiger partial charge is 0.494 e. The van der Waals surface area contributed by atoms with Crippen molar-refractivity contribution in [1.82, 2.24) is 0 Å². The van der Waals surface area contributed by atoms with Crippen molar-refractivity contribution in [2.75, 3.05) is 7.11 Å². The van der Waals surface area contributed by atoms with Crippen LogP contribution in [0, 0.1) is 0 Å². The first-order chi connectivity index (χ1) is 12.2. The van der Waals surface area contributed by atoms with Gasteiger partial charge in [-0.05, 0) is 29.8 Å². The van der Waals surface area contributed by atoms with Crippen LogP contribution in [-0.4, -0.2) is 12.9 Å². The van der Waals surface area contributed by atoms with Gasteiger partial charge < -0.3 is 4.74 Å². The third kappa shape index (κ3) is 4.06. The quantitative estimate of drug-likeness (QED) is 0.402. The molecule has 4 heteroatoms. The van der Waals surface area contributed by atoms with Gasteiger partial charge in [-0.1, -0.05) is 60.1 Å². The summed E-state index contributed by atoms with van der Waals surface area (Å²) in [6.45, 7) is 0. The van der Waals surface area contributed by atoms with Gasteiger partial charge in [0.2, 0.25) is 0 Å². The van der Waals surface area contributed by atoms with Crippen LogP contribution in [0.1, 0.15) is 21.5 Å². The van der Waals surface area contributed by atoms with Crippen LogP contribution >= 0.6 is 23.4 Å². The molecule has 126 valence electrons. The third-order valence-electron chi connectivity index (χ3n) is 3.82. The summed E-state index contributed by atoms with van der Waals surface area (Å²) in [5, 5.41) is 0.435. The summed E-state index contributed by atoms with van der Waals surface area (Å²) >= 11 is 7.86. The van der Waals surface area contributed by atoms with Gasteiger partial charge in [0, 0.05) is 16.2 Å². The SMILES string of the molecule is COc1c(Cl)cccc1C(=O)c1ccccc1CSc1ccccc1. The minimum absolute atomic E-state index is 0.0800. The van der Waals surface area contributed by atoms with Crippen LogP contribution in [0.4, 0.5) is 0 Å². The van der Waals surface area contributed by atoms with Crippen molar-refractivity contribution in [2.24, 2.45) is 0 Å². The second-order valence-electron chi connectivity index (χ2n) is 5.41. The number of carbonyl (C=O) groups excluding carboxylic acids is 1. The lowest BCUT2D eigenvalue weighted by atomic mass is 9.98. The van der Waals surface area contributed by atoms with Crippen LogP contribution in [-0.2, 0) is 5.75 Å². The minimum atomic E-state index is -0.0800. The molecule has 0 heterocycles. The highest BCUT2D eigenvalue weighted by atomic mass is 35.5. The van der Waals surface area contributed by atoms with Gasteiger partial charge in [0.15, 0.2) is 5.78 Å². The Kier molecular flexibility index (Phi) is 5.79. The number of hydrogen-bond donors (Lipinski definition) is 0. The number of ketones is 1. The maximum absolute atomic E-state index is 13.1. The topological polar surface area (TPSA) is 26.3 Å². The van der Waals surface area contributed by atoms with Crippen molar-refractivity contribution in [1.29, 1.82) is 0 Å². The van der Waals surface area contributed by atoms with E-state index < -0.39 is 0 Å². The van der Waals surface area contributed by atoms with E-state index >= 15 is 0 Å². The molecule has 0 saturated carbocycles. The standard InChI is InChI=1S/C21H17ClO2S/c1-24-21-18(12-7-13-19(21)22)20(23)17-11-6-5-8-15(17)14-25-16-9-3-2-4-10-16/h2-13H,14H2,1H3. The molecule has 0 aliphatic rings. The van der Waals surface area contributed by atoms with Gasteiger partial charge in [-0.3, -0.25) is 4.79 Å². The molecule has 0 aliphatic carbocycles. The molecule has 0 aliphatic heterocycles. The van der Waals surface area contributed by atoms with E-state index in [-0.39, 0.29) is 5.78 Å². The fourth-order valence-corrected chi connectivity index (χ4v) is 3.76. The molecule has 0 unspecified atom stereocenters. The van der Waals surface area contributed by atoms with E-state index in [1.807, 2.05) is 42.5 Å². The Labute approximate surface area is 156 Å². The molecule has 0 spiro atoms. The zero-order chi connectivity index (χ0) is 17.6. The predicted octanol–water partition coefficient (Wildman–Crippen LogP) is 5.87. The number of methoxy groups -OCH3 is 1. The number of benzene rings is 3. The summed E-state index contributed by atoms with van der Waals surface area (Å²) in [4.78, 5) is 14.2. The Morgan fingerprint density at radius 3 is 2.36 bits per heavy atom. The van der Waals surface area contributed by atoms with Crippen molar-refractivity contribution in [3.05, 3.63) is 94.5 Å². The van der Waals surface area contributed by atoms with Crippen molar-refractivity contribution in [3.8, 4) is 5.75 Å². The molecule has 0 N–H and O–H groups in total. The Morgan fingerprint density at radius 1 is 0.920 bits per heavy atom. The Bertz CT molecular complexity index is 878. The van der Waals surface area contributed by atoms with Crippen molar-refractivity contribution >= 4 is 29.1 Å². The van der Waals surface area contributed by atoms with E-state index in [0.29, 0.717) is 21.9 Å². The zero-order valence-corrected chi connectivity index (χ0v) is 15.3. The molecular formula is C21H17ClO2S. The Balaban J connectivity index is 1.90. The average Bonchev–Trinajstić information content (AvgIpc) is 2.66. The van der Waals surface area contributed by atoms with Crippen molar-refractivity contribution in [3.63, 3.8) is 0 Å². The molecule has 3 aromatic carbocycles. The van der Waals surface area contributed by atoms with E-state index in [4.69, 9.17) is 16.3 Å². The summed E-state index contributed by atoms with van der Waals surface area (Å²) in [6.07, 6.45) is 0. The first-order valence-corrected chi connectivity index (χ1v) is 9.20. The van der Waals surface area contributed by atoms with Gasteiger partial charge in [0.05, 0.1) is 17.7 Å². The summed E-state index contributed by atoms with van der Waals surface area (Å²) < 4.78 is 5.33. The lowest BCUT2D eigenvalue weighted by Crippen LogP contribution is -2.07. The van der Waals surface area contributed by atoms with Crippen molar-refractivity contribution in [2.45, 2.75) is 10.6 Å². The number of para-hydroxylation sites is 1. The first-order valence-electron chi connectivity index (χ1n) is 7.83. The van der Waals surface area contributed by atoms with Gasteiger partial charge in [0.25, 0.3) is 0 Å².